The van der Waals surface area contributed by atoms with Crippen LogP contribution in [-0.2, 0) is 0 Å². The first-order valence-corrected chi connectivity index (χ1v) is 5.97. The Morgan fingerprint density at radius 1 is 1.22 bits per heavy atom. The van der Waals surface area contributed by atoms with E-state index in [1.54, 1.807) is 10.9 Å². The molecule has 7 nitrogen and oxygen atoms in total. The van der Waals surface area contributed by atoms with Crippen LogP contribution in [0.15, 0.2) is 46.6 Å². The van der Waals surface area contributed by atoms with Crippen LogP contribution in [0.4, 0.5) is 5.82 Å². The van der Waals surface area contributed by atoms with Gasteiger partial charge in [-0.25, -0.2) is 0 Å². The Morgan fingerprint density at radius 2 is 2.06 bits per heavy atom. The minimum atomic E-state index is 0.502. The van der Waals surface area contributed by atoms with E-state index in [0.29, 0.717) is 11.0 Å². The number of hydrogen-bond acceptors (Lipinski definition) is 6. The van der Waals surface area contributed by atoms with Crippen molar-refractivity contribution in [3.63, 3.8) is 0 Å². The van der Waals surface area contributed by atoms with Crippen molar-refractivity contribution in [2.45, 2.75) is 10.1 Å². The number of benzene rings is 1. The molecule has 0 atom stereocenters. The van der Waals surface area contributed by atoms with Gasteiger partial charge in [0.05, 0.1) is 16.8 Å². The fourth-order valence-electron chi connectivity index (χ4n) is 1.44. The lowest BCUT2D eigenvalue weighted by molar-refractivity contribution is 0.756. The molecule has 8 heteroatoms. The first-order chi connectivity index (χ1) is 8.84. The van der Waals surface area contributed by atoms with Crippen LogP contribution < -0.4 is 5.73 Å². The molecule has 0 aliphatic heterocycles. The summed E-state index contributed by atoms with van der Waals surface area (Å²) >= 11 is 1.36. The number of nitrogens with two attached hydrogens (primary N) is 1. The van der Waals surface area contributed by atoms with Gasteiger partial charge >= 0.3 is 0 Å². The number of nitrogens with zero attached hydrogens (tertiary/aromatic N) is 5. The summed E-state index contributed by atoms with van der Waals surface area (Å²) in [5, 5.41) is 18.8. The molecule has 0 amide bonds. The molecule has 0 spiro atoms. The van der Waals surface area contributed by atoms with Crippen LogP contribution >= 0.6 is 11.8 Å². The van der Waals surface area contributed by atoms with E-state index in [-0.39, 0.29) is 0 Å². The number of hydrogen-bond donors (Lipinski definition) is 2. The summed E-state index contributed by atoms with van der Waals surface area (Å²) in [5.74, 6) is 0.502. The Bertz CT molecular complexity index is 645. The highest BCUT2D eigenvalue weighted by molar-refractivity contribution is 7.99. The number of anilines is 1. The standard InChI is InChI=1S/C10H9N7S/c11-9-8(6-12-13-9)18-10-14-15-16-17(10)7-4-2-1-3-5-7/h1-6H,(H3,11,12,13). The predicted octanol–water partition coefficient (Wildman–Crippen LogP) is 1.12. The summed E-state index contributed by atoms with van der Waals surface area (Å²) in [6, 6.07) is 9.66. The van der Waals surface area contributed by atoms with Crippen LogP contribution in [0.2, 0.25) is 0 Å². The van der Waals surface area contributed by atoms with Gasteiger partial charge in [0.25, 0.3) is 0 Å². The number of aromatic amines is 1. The average Bonchev–Trinajstić information content (AvgIpc) is 3.01. The van der Waals surface area contributed by atoms with Crippen molar-refractivity contribution in [3.05, 3.63) is 36.5 Å². The number of tetrazole rings is 1. The Labute approximate surface area is 106 Å². The third-order valence-corrected chi connectivity index (χ3v) is 3.26. The van der Waals surface area contributed by atoms with Gasteiger partial charge in [-0.2, -0.15) is 9.78 Å². The fraction of sp³-hybridized carbons (Fsp3) is 0. The number of H-pyrrole nitrogens is 1. The maximum atomic E-state index is 5.73. The van der Waals surface area contributed by atoms with E-state index in [1.807, 2.05) is 30.3 Å². The summed E-state index contributed by atoms with van der Waals surface area (Å²) in [7, 11) is 0. The van der Waals surface area contributed by atoms with Crippen molar-refractivity contribution in [1.82, 2.24) is 30.4 Å². The maximum Gasteiger partial charge on any atom is 0.219 e. The number of aromatic nitrogens is 6. The van der Waals surface area contributed by atoms with Gasteiger partial charge in [0, 0.05) is 0 Å². The van der Waals surface area contributed by atoms with Gasteiger partial charge in [-0.3, -0.25) is 5.10 Å². The molecule has 0 aliphatic carbocycles. The lowest BCUT2D eigenvalue weighted by Crippen LogP contribution is -1.98. The van der Waals surface area contributed by atoms with E-state index >= 15 is 0 Å². The maximum absolute atomic E-state index is 5.73. The molecular weight excluding hydrogens is 250 g/mol. The van der Waals surface area contributed by atoms with E-state index in [2.05, 4.69) is 25.7 Å². The van der Waals surface area contributed by atoms with Gasteiger partial charge in [0.15, 0.2) is 0 Å². The van der Waals surface area contributed by atoms with Crippen molar-refractivity contribution >= 4 is 17.6 Å². The van der Waals surface area contributed by atoms with Crippen molar-refractivity contribution < 1.29 is 0 Å². The molecule has 1 aromatic carbocycles. The lowest BCUT2D eigenvalue weighted by Gasteiger charge is -2.02. The van der Waals surface area contributed by atoms with Crippen molar-refractivity contribution in [2.75, 3.05) is 5.73 Å². The van der Waals surface area contributed by atoms with E-state index in [4.69, 9.17) is 5.73 Å². The number of nitrogen functional groups attached to an aromatic ring is 1. The second-order valence-electron chi connectivity index (χ2n) is 3.46. The molecule has 0 aliphatic rings. The molecule has 90 valence electrons. The second-order valence-corrected chi connectivity index (χ2v) is 4.47. The monoisotopic (exact) mass is 259 g/mol. The number of rotatable bonds is 3. The van der Waals surface area contributed by atoms with Gasteiger partial charge in [0.1, 0.15) is 5.82 Å². The molecule has 0 radical (unpaired) electrons. The summed E-state index contributed by atoms with van der Waals surface area (Å²) in [4.78, 5) is 0.794. The molecule has 18 heavy (non-hydrogen) atoms. The summed E-state index contributed by atoms with van der Waals surface area (Å²) in [6.45, 7) is 0. The van der Waals surface area contributed by atoms with Crippen molar-refractivity contribution in [1.29, 1.82) is 0 Å². The topological polar surface area (TPSA) is 98.3 Å². The van der Waals surface area contributed by atoms with E-state index in [9.17, 15) is 0 Å². The molecule has 0 unspecified atom stereocenters. The van der Waals surface area contributed by atoms with Crippen molar-refractivity contribution in [3.8, 4) is 5.69 Å². The van der Waals surface area contributed by atoms with Crippen LogP contribution in [0.25, 0.3) is 5.69 Å². The molecule has 0 fully saturated rings. The summed E-state index contributed by atoms with van der Waals surface area (Å²) < 4.78 is 1.65. The zero-order valence-corrected chi connectivity index (χ0v) is 10.0. The summed E-state index contributed by atoms with van der Waals surface area (Å²) in [5.41, 5.74) is 6.62. The molecule has 0 bridgehead atoms. The van der Waals surface area contributed by atoms with Crippen LogP contribution in [-0.4, -0.2) is 30.4 Å². The number of nitrogens with one attached hydrogen (secondary N) is 1. The molecule has 3 rings (SSSR count). The molecule has 0 saturated carbocycles. The Balaban J connectivity index is 1.95. The highest BCUT2D eigenvalue weighted by Crippen LogP contribution is 2.29. The quantitative estimate of drug-likeness (QED) is 0.731. The van der Waals surface area contributed by atoms with Gasteiger partial charge in [-0.1, -0.05) is 18.2 Å². The van der Waals surface area contributed by atoms with Crippen LogP contribution in [0.5, 0.6) is 0 Å². The fourth-order valence-corrected chi connectivity index (χ4v) is 2.20. The second kappa shape index (κ2) is 4.49. The predicted molar refractivity (Wildman–Crippen MR) is 66.3 cm³/mol. The molecule has 2 heterocycles. The Morgan fingerprint density at radius 3 is 2.78 bits per heavy atom. The first kappa shape index (κ1) is 10.8. The molecule has 3 N–H and O–H groups in total. The smallest absolute Gasteiger partial charge is 0.219 e. The highest BCUT2D eigenvalue weighted by atomic mass is 32.2. The van der Waals surface area contributed by atoms with Crippen molar-refractivity contribution in [2.24, 2.45) is 0 Å². The van der Waals surface area contributed by atoms with Gasteiger partial charge in [0.2, 0.25) is 5.16 Å². The molecule has 2 aromatic heterocycles. The number of para-hydroxylation sites is 1. The van der Waals surface area contributed by atoms with Gasteiger partial charge in [-0.05, 0) is 34.3 Å². The van der Waals surface area contributed by atoms with E-state index in [0.717, 1.165) is 10.6 Å². The first-order valence-electron chi connectivity index (χ1n) is 5.15. The zero-order chi connectivity index (χ0) is 12.4. The molecule has 3 aromatic rings. The third-order valence-electron chi connectivity index (χ3n) is 2.28. The summed E-state index contributed by atoms with van der Waals surface area (Å²) in [6.07, 6.45) is 1.64. The molecular formula is C10H9N7S. The minimum absolute atomic E-state index is 0.502. The van der Waals surface area contributed by atoms with E-state index < -0.39 is 0 Å². The minimum Gasteiger partial charge on any atom is -0.383 e. The Kier molecular flexibility index (Phi) is 2.69. The van der Waals surface area contributed by atoms with Crippen LogP contribution in [0.1, 0.15) is 0 Å². The van der Waals surface area contributed by atoms with Crippen LogP contribution in [0, 0.1) is 0 Å². The Hall–Kier alpha value is -2.35. The SMILES string of the molecule is Nc1[nH]ncc1Sc1nnnn1-c1ccccc1. The van der Waals surface area contributed by atoms with E-state index in [1.165, 1.54) is 11.8 Å². The van der Waals surface area contributed by atoms with Crippen LogP contribution in [0.3, 0.4) is 0 Å². The average molecular weight is 259 g/mol. The molecule has 0 saturated heterocycles. The third kappa shape index (κ3) is 1.93. The normalized spacial score (nSPS) is 10.7. The van der Waals surface area contributed by atoms with Gasteiger partial charge < -0.3 is 5.73 Å². The zero-order valence-electron chi connectivity index (χ0n) is 9.19. The largest absolute Gasteiger partial charge is 0.383 e. The highest BCUT2D eigenvalue weighted by Gasteiger charge is 2.12. The lowest BCUT2D eigenvalue weighted by atomic mass is 10.3. The van der Waals surface area contributed by atoms with Gasteiger partial charge in [-0.15, -0.1) is 5.10 Å².